The van der Waals surface area contributed by atoms with Crippen LogP contribution in [0, 0.1) is 0 Å². The molecular weight excluding hydrogens is 363 g/mol. The molecule has 0 atom stereocenters. The zero-order valence-electron chi connectivity index (χ0n) is 13.3. The molecule has 0 fully saturated rings. The molecule has 0 amide bonds. The number of tetrazole rings is 1. The first-order chi connectivity index (χ1) is 11.3. The molecule has 1 aromatic heterocycles. The van der Waals surface area contributed by atoms with E-state index in [1.54, 1.807) is 4.90 Å². The lowest BCUT2D eigenvalue weighted by Gasteiger charge is -2.18. The molecule has 0 radical (unpaired) electrons. The first-order valence-corrected chi connectivity index (χ1v) is 7.20. The zero-order chi connectivity index (χ0) is 17.7. The Morgan fingerprint density at radius 2 is 1.92 bits per heavy atom. The molecular formula is C14H17ClF3N5O2. The van der Waals surface area contributed by atoms with Crippen molar-refractivity contribution in [2.75, 3.05) is 13.1 Å². The van der Waals surface area contributed by atoms with Crippen molar-refractivity contribution < 1.29 is 23.1 Å². The second-order valence-corrected chi connectivity index (χ2v) is 5.16. The molecule has 25 heavy (non-hydrogen) atoms. The average molecular weight is 380 g/mol. The van der Waals surface area contributed by atoms with Crippen molar-refractivity contribution in [3.63, 3.8) is 0 Å². The van der Waals surface area contributed by atoms with Gasteiger partial charge < -0.3 is 5.11 Å². The van der Waals surface area contributed by atoms with Crippen molar-refractivity contribution in [2.45, 2.75) is 26.1 Å². The van der Waals surface area contributed by atoms with Crippen molar-refractivity contribution in [3.8, 4) is 5.69 Å². The van der Waals surface area contributed by atoms with Crippen LogP contribution in [-0.4, -0.2) is 49.3 Å². The monoisotopic (exact) mass is 379 g/mol. The van der Waals surface area contributed by atoms with E-state index < -0.39 is 17.7 Å². The molecule has 0 unspecified atom stereocenters. The lowest BCUT2D eigenvalue weighted by molar-refractivity contribution is -0.139. The van der Waals surface area contributed by atoms with Gasteiger partial charge in [-0.3, -0.25) is 9.69 Å². The number of hydrogen-bond acceptors (Lipinski definition) is 5. The van der Waals surface area contributed by atoms with Crippen molar-refractivity contribution in [1.29, 1.82) is 0 Å². The van der Waals surface area contributed by atoms with Crippen LogP contribution in [-0.2, 0) is 17.5 Å². The van der Waals surface area contributed by atoms with Crippen LogP contribution >= 0.6 is 12.4 Å². The summed E-state index contributed by atoms with van der Waals surface area (Å²) in [7, 11) is 0. The van der Waals surface area contributed by atoms with Gasteiger partial charge in [0.2, 0.25) is 0 Å². The van der Waals surface area contributed by atoms with Gasteiger partial charge in [-0.2, -0.15) is 17.9 Å². The lowest BCUT2D eigenvalue weighted by atomic mass is 10.2. The third-order valence-corrected chi connectivity index (χ3v) is 3.24. The number of benzene rings is 1. The van der Waals surface area contributed by atoms with Crippen LogP contribution in [0.4, 0.5) is 13.2 Å². The standard InChI is InChI=1S/C14H16F3N5O2.ClH/c1-2-7-21(9-13(23)24)8-12-18-19-20-22(12)11-5-3-10(4-6-11)14(15,16)17;/h3-6H,2,7-9H2,1H3,(H,23,24);1H. The first kappa shape index (κ1) is 20.8. The summed E-state index contributed by atoms with van der Waals surface area (Å²) >= 11 is 0. The third-order valence-electron chi connectivity index (χ3n) is 3.24. The topological polar surface area (TPSA) is 84.1 Å². The lowest BCUT2D eigenvalue weighted by Crippen LogP contribution is -2.31. The zero-order valence-corrected chi connectivity index (χ0v) is 14.1. The highest BCUT2D eigenvalue weighted by Crippen LogP contribution is 2.29. The minimum Gasteiger partial charge on any atom is -0.480 e. The number of carboxylic acids is 1. The van der Waals surface area contributed by atoms with Crippen molar-refractivity contribution in [2.24, 2.45) is 0 Å². The molecule has 0 saturated heterocycles. The maximum Gasteiger partial charge on any atom is 0.416 e. The Bertz CT molecular complexity index is 691. The summed E-state index contributed by atoms with van der Waals surface area (Å²) in [5.74, 6) is -0.624. The quantitative estimate of drug-likeness (QED) is 0.795. The number of alkyl halides is 3. The molecule has 11 heteroatoms. The number of rotatable bonds is 7. The molecule has 1 N–H and O–H groups in total. The Morgan fingerprint density at radius 1 is 1.28 bits per heavy atom. The molecule has 1 aromatic carbocycles. The second kappa shape index (κ2) is 8.77. The maximum absolute atomic E-state index is 12.6. The van der Waals surface area contributed by atoms with Gasteiger partial charge in [0, 0.05) is 0 Å². The van der Waals surface area contributed by atoms with Crippen LogP contribution in [0.25, 0.3) is 5.69 Å². The number of aliphatic carboxylic acids is 1. The van der Waals surface area contributed by atoms with E-state index in [2.05, 4.69) is 15.5 Å². The summed E-state index contributed by atoms with van der Waals surface area (Å²) < 4.78 is 39.1. The SMILES string of the molecule is CCCN(CC(=O)O)Cc1nnnn1-c1ccc(C(F)(F)F)cc1.Cl. The molecule has 7 nitrogen and oxygen atoms in total. The fraction of sp³-hybridized carbons (Fsp3) is 0.429. The molecule has 2 rings (SSSR count). The molecule has 2 aromatic rings. The number of carbonyl (C=O) groups is 1. The van der Waals surface area contributed by atoms with Crippen molar-refractivity contribution >= 4 is 18.4 Å². The molecule has 0 aliphatic heterocycles. The molecule has 0 saturated carbocycles. The van der Waals surface area contributed by atoms with Gasteiger partial charge >= 0.3 is 12.1 Å². The van der Waals surface area contributed by atoms with Crippen molar-refractivity contribution in [3.05, 3.63) is 35.7 Å². The third kappa shape index (κ3) is 5.68. The van der Waals surface area contributed by atoms with Gasteiger partial charge in [-0.25, -0.2) is 0 Å². The van der Waals surface area contributed by atoms with E-state index in [0.717, 1.165) is 18.6 Å². The van der Waals surface area contributed by atoms with E-state index in [-0.39, 0.29) is 25.5 Å². The highest BCUT2D eigenvalue weighted by molar-refractivity contribution is 5.85. The minimum atomic E-state index is -4.42. The predicted molar refractivity (Wildman–Crippen MR) is 84.6 cm³/mol. The van der Waals surface area contributed by atoms with E-state index in [1.807, 2.05) is 6.92 Å². The van der Waals surface area contributed by atoms with Gasteiger partial charge in [-0.15, -0.1) is 17.5 Å². The van der Waals surface area contributed by atoms with Gasteiger partial charge in [-0.05, 0) is 47.7 Å². The van der Waals surface area contributed by atoms with Gasteiger partial charge in [0.1, 0.15) is 0 Å². The maximum atomic E-state index is 12.6. The van der Waals surface area contributed by atoms with Crippen LogP contribution in [0.1, 0.15) is 24.7 Å². The summed E-state index contributed by atoms with van der Waals surface area (Å²) in [6.07, 6.45) is -3.67. The van der Waals surface area contributed by atoms with Crippen LogP contribution in [0.15, 0.2) is 24.3 Å². The number of nitrogens with zero attached hydrogens (tertiary/aromatic N) is 5. The molecule has 138 valence electrons. The van der Waals surface area contributed by atoms with Gasteiger partial charge in [0.05, 0.1) is 24.3 Å². The van der Waals surface area contributed by atoms with Crippen LogP contribution in [0.5, 0.6) is 0 Å². The largest absolute Gasteiger partial charge is 0.480 e. The number of aromatic nitrogens is 4. The molecule has 0 spiro atoms. The first-order valence-electron chi connectivity index (χ1n) is 7.20. The van der Waals surface area contributed by atoms with Gasteiger partial charge in [-0.1, -0.05) is 6.92 Å². The highest BCUT2D eigenvalue weighted by atomic mass is 35.5. The number of hydrogen-bond donors (Lipinski definition) is 1. The predicted octanol–water partition coefficient (Wildman–Crippen LogP) is 2.40. The van der Waals surface area contributed by atoms with E-state index in [9.17, 15) is 18.0 Å². The average Bonchev–Trinajstić information content (AvgIpc) is 2.94. The summed E-state index contributed by atoms with van der Waals surface area (Å²) in [4.78, 5) is 12.5. The summed E-state index contributed by atoms with van der Waals surface area (Å²) in [5.41, 5.74) is -0.394. The van der Waals surface area contributed by atoms with Gasteiger partial charge in [0.15, 0.2) is 5.82 Å². The van der Waals surface area contributed by atoms with Crippen molar-refractivity contribution in [1.82, 2.24) is 25.1 Å². The fourth-order valence-electron chi connectivity index (χ4n) is 2.22. The minimum absolute atomic E-state index is 0. The van der Waals surface area contributed by atoms with E-state index in [1.165, 1.54) is 16.8 Å². The Morgan fingerprint density at radius 3 is 2.44 bits per heavy atom. The van der Waals surface area contributed by atoms with Crippen LogP contribution < -0.4 is 0 Å². The number of halogens is 4. The van der Waals surface area contributed by atoms with E-state index in [0.29, 0.717) is 18.1 Å². The highest BCUT2D eigenvalue weighted by Gasteiger charge is 2.30. The second-order valence-electron chi connectivity index (χ2n) is 5.16. The van der Waals surface area contributed by atoms with Crippen LogP contribution in [0.2, 0.25) is 0 Å². The molecule has 0 aliphatic rings. The summed E-state index contributed by atoms with van der Waals surface area (Å²) in [5, 5.41) is 20.1. The normalized spacial score (nSPS) is 11.4. The molecule has 0 bridgehead atoms. The Hall–Kier alpha value is -2.20. The number of carboxylic acid groups (broad SMARTS) is 1. The summed E-state index contributed by atoms with van der Waals surface area (Å²) in [6.45, 7) is 2.45. The smallest absolute Gasteiger partial charge is 0.416 e. The van der Waals surface area contributed by atoms with Crippen LogP contribution in [0.3, 0.4) is 0 Å². The van der Waals surface area contributed by atoms with E-state index >= 15 is 0 Å². The Balaban J connectivity index is 0.00000312. The summed E-state index contributed by atoms with van der Waals surface area (Å²) in [6, 6.07) is 4.43. The Kier molecular flexibility index (Phi) is 7.31. The fourth-order valence-corrected chi connectivity index (χ4v) is 2.22. The van der Waals surface area contributed by atoms with E-state index in [4.69, 9.17) is 5.11 Å². The molecule has 1 heterocycles. The van der Waals surface area contributed by atoms with Gasteiger partial charge in [0.25, 0.3) is 0 Å². The molecule has 0 aliphatic carbocycles. The Labute approximate surface area is 147 Å².